The normalized spacial score (nSPS) is 15.3. The van der Waals surface area contributed by atoms with E-state index in [1.807, 2.05) is 25.7 Å². The number of hydrogen-bond donors (Lipinski definition) is 2. The monoisotopic (exact) mass is 291 g/mol. The van der Waals surface area contributed by atoms with E-state index in [4.69, 9.17) is 5.73 Å². The molecular formula is C15H25N5O. The molecule has 1 aromatic heterocycles. The molecule has 2 heterocycles. The van der Waals surface area contributed by atoms with Crippen molar-refractivity contribution in [1.29, 1.82) is 0 Å². The van der Waals surface area contributed by atoms with E-state index in [1.54, 1.807) is 0 Å². The van der Waals surface area contributed by atoms with Crippen LogP contribution in [-0.2, 0) is 4.79 Å². The maximum Gasteiger partial charge on any atom is 0.241 e. The van der Waals surface area contributed by atoms with Crippen LogP contribution in [0.3, 0.4) is 0 Å². The largest absolute Gasteiger partial charge is 0.383 e. The third-order valence-electron chi connectivity index (χ3n) is 3.83. The Morgan fingerprint density at radius 3 is 2.57 bits per heavy atom. The number of nitrogen functional groups attached to an aromatic ring is 1. The maximum absolute atomic E-state index is 12.2. The zero-order valence-electron chi connectivity index (χ0n) is 13.1. The van der Waals surface area contributed by atoms with E-state index in [1.165, 1.54) is 6.42 Å². The number of likely N-dealkylation sites (tertiary alicyclic amines) is 1. The Balaban J connectivity index is 2.03. The molecule has 0 saturated carbocycles. The Hall–Kier alpha value is -1.85. The molecule has 0 aliphatic carbocycles. The van der Waals surface area contributed by atoms with Gasteiger partial charge in [-0.05, 0) is 26.2 Å². The summed E-state index contributed by atoms with van der Waals surface area (Å²) in [5.74, 6) is 2.16. The lowest BCUT2D eigenvalue weighted by Gasteiger charge is -2.27. The molecule has 21 heavy (non-hydrogen) atoms. The number of anilines is 2. The number of amides is 1. The molecular weight excluding hydrogens is 266 g/mol. The smallest absolute Gasteiger partial charge is 0.241 e. The van der Waals surface area contributed by atoms with Crippen molar-refractivity contribution in [3.8, 4) is 0 Å². The molecule has 0 spiro atoms. The molecule has 0 atom stereocenters. The highest BCUT2D eigenvalue weighted by molar-refractivity contribution is 5.81. The van der Waals surface area contributed by atoms with Gasteiger partial charge in [-0.15, -0.1) is 0 Å². The van der Waals surface area contributed by atoms with E-state index in [0.29, 0.717) is 17.5 Å². The first kappa shape index (κ1) is 15.5. The highest BCUT2D eigenvalue weighted by Crippen LogP contribution is 2.20. The van der Waals surface area contributed by atoms with Gasteiger partial charge < -0.3 is 16.0 Å². The molecule has 3 N–H and O–H groups in total. The van der Waals surface area contributed by atoms with Gasteiger partial charge in [-0.2, -0.15) is 0 Å². The first-order valence-electron chi connectivity index (χ1n) is 7.64. The molecule has 1 fully saturated rings. The average Bonchev–Trinajstić information content (AvgIpc) is 2.49. The molecule has 0 bridgehead atoms. The second-order valence-corrected chi connectivity index (χ2v) is 5.89. The van der Waals surface area contributed by atoms with E-state index in [0.717, 1.165) is 31.5 Å². The van der Waals surface area contributed by atoms with Gasteiger partial charge in [-0.1, -0.05) is 13.8 Å². The van der Waals surface area contributed by atoms with Crippen LogP contribution < -0.4 is 11.1 Å². The van der Waals surface area contributed by atoms with Crippen LogP contribution >= 0.6 is 0 Å². The summed E-state index contributed by atoms with van der Waals surface area (Å²) < 4.78 is 0. The van der Waals surface area contributed by atoms with Gasteiger partial charge in [0.15, 0.2) is 0 Å². The topological polar surface area (TPSA) is 84.1 Å². The standard InChI is InChI=1S/C15H25N5O/c1-10(2)14-18-13(16)11(3)15(19-14)17-9-12(21)20-7-5-4-6-8-20/h10H,4-9H2,1-3H3,(H3,16,17,18,19). The minimum Gasteiger partial charge on any atom is -0.383 e. The fourth-order valence-corrected chi connectivity index (χ4v) is 2.40. The quantitative estimate of drug-likeness (QED) is 0.885. The highest BCUT2D eigenvalue weighted by atomic mass is 16.2. The zero-order valence-corrected chi connectivity index (χ0v) is 13.1. The van der Waals surface area contributed by atoms with Crippen molar-refractivity contribution in [1.82, 2.24) is 14.9 Å². The third kappa shape index (κ3) is 3.83. The summed E-state index contributed by atoms with van der Waals surface area (Å²) in [5.41, 5.74) is 6.72. The van der Waals surface area contributed by atoms with Gasteiger partial charge in [0, 0.05) is 24.6 Å². The maximum atomic E-state index is 12.2. The SMILES string of the molecule is Cc1c(N)nc(C(C)C)nc1NCC(=O)N1CCCCC1. The highest BCUT2D eigenvalue weighted by Gasteiger charge is 2.17. The van der Waals surface area contributed by atoms with Crippen LogP contribution in [0, 0.1) is 6.92 Å². The molecule has 1 amide bonds. The van der Waals surface area contributed by atoms with Crippen molar-refractivity contribution in [3.05, 3.63) is 11.4 Å². The van der Waals surface area contributed by atoms with Crippen LogP contribution in [0.2, 0.25) is 0 Å². The van der Waals surface area contributed by atoms with Crippen LogP contribution in [0.1, 0.15) is 50.4 Å². The van der Waals surface area contributed by atoms with Crippen LogP contribution in [0.5, 0.6) is 0 Å². The summed E-state index contributed by atoms with van der Waals surface area (Å²) in [6.45, 7) is 7.90. The van der Waals surface area contributed by atoms with Crippen molar-refractivity contribution >= 4 is 17.5 Å². The lowest BCUT2D eigenvalue weighted by atomic mass is 10.1. The van der Waals surface area contributed by atoms with Crippen LogP contribution in [-0.4, -0.2) is 40.4 Å². The Bertz CT molecular complexity index is 509. The number of nitrogens with one attached hydrogen (secondary N) is 1. The van der Waals surface area contributed by atoms with Crippen molar-refractivity contribution in [2.45, 2.75) is 46.0 Å². The van der Waals surface area contributed by atoms with E-state index in [-0.39, 0.29) is 18.4 Å². The van der Waals surface area contributed by atoms with E-state index < -0.39 is 0 Å². The molecule has 6 heteroatoms. The summed E-state index contributed by atoms with van der Waals surface area (Å²) in [4.78, 5) is 22.8. The summed E-state index contributed by atoms with van der Waals surface area (Å²) in [7, 11) is 0. The molecule has 0 aromatic carbocycles. The van der Waals surface area contributed by atoms with Gasteiger partial charge in [-0.3, -0.25) is 4.79 Å². The van der Waals surface area contributed by atoms with Crippen LogP contribution in [0.15, 0.2) is 0 Å². The fraction of sp³-hybridized carbons (Fsp3) is 0.667. The number of hydrogen-bond acceptors (Lipinski definition) is 5. The van der Waals surface area contributed by atoms with Crippen molar-refractivity contribution < 1.29 is 4.79 Å². The van der Waals surface area contributed by atoms with Crippen LogP contribution in [0.4, 0.5) is 11.6 Å². The molecule has 0 radical (unpaired) electrons. The van der Waals surface area contributed by atoms with E-state index >= 15 is 0 Å². The fourth-order valence-electron chi connectivity index (χ4n) is 2.40. The lowest BCUT2D eigenvalue weighted by Crippen LogP contribution is -2.39. The minimum atomic E-state index is 0.123. The van der Waals surface area contributed by atoms with Gasteiger partial charge in [-0.25, -0.2) is 9.97 Å². The number of carbonyl (C=O) groups excluding carboxylic acids is 1. The van der Waals surface area contributed by atoms with E-state index in [2.05, 4.69) is 15.3 Å². The Morgan fingerprint density at radius 2 is 1.95 bits per heavy atom. The molecule has 1 aliphatic heterocycles. The number of piperidine rings is 1. The molecule has 0 unspecified atom stereocenters. The molecule has 2 rings (SSSR count). The second-order valence-electron chi connectivity index (χ2n) is 5.89. The van der Waals surface area contributed by atoms with Crippen molar-refractivity contribution in [2.24, 2.45) is 0 Å². The predicted molar refractivity (Wildman–Crippen MR) is 84.2 cm³/mol. The minimum absolute atomic E-state index is 0.123. The zero-order chi connectivity index (χ0) is 15.4. The van der Waals surface area contributed by atoms with Crippen LogP contribution in [0.25, 0.3) is 0 Å². The van der Waals surface area contributed by atoms with Crippen molar-refractivity contribution in [2.75, 3.05) is 30.7 Å². The second kappa shape index (κ2) is 6.74. The number of nitrogens with two attached hydrogens (primary N) is 1. The third-order valence-corrected chi connectivity index (χ3v) is 3.83. The number of nitrogens with zero attached hydrogens (tertiary/aromatic N) is 3. The van der Waals surface area contributed by atoms with Gasteiger partial charge in [0.2, 0.25) is 5.91 Å². The molecule has 1 saturated heterocycles. The molecule has 6 nitrogen and oxygen atoms in total. The Morgan fingerprint density at radius 1 is 1.29 bits per heavy atom. The van der Waals surface area contributed by atoms with Gasteiger partial charge in [0.25, 0.3) is 0 Å². The molecule has 116 valence electrons. The summed E-state index contributed by atoms with van der Waals surface area (Å²) >= 11 is 0. The van der Waals surface area contributed by atoms with Gasteiger partial charge in [0.1, 0.15) is 17.5 Å². The number of carbonyl (C=O) groups is 1. The van der Waals surface area contributed by atoms with Gasteiger partial charge in [0.05, 0.1) is 6.54 Å². The first-order valence-corrected chi connectivity index (χ1v) is 7.64. The first-order chi connectivity index (χ1) is 9.99. The average molecular weight is 291 g/mol. The molecule has 1 aromatic rings. The number of aromatic nitrogens is 2. The lowest BCUT2D eigenvalue weighted by molar-refractivity contribution is -0.130. The number of rotatable bonds is 4. The summed E-state index contributed by atoms with van der Waals surface area (Å²) in [6.07, 6.45) is 3.42. The predicted octanol–water partition coefficient (Wildman–Crippen LogP) is 1.92. The van der Waals surface area contributed by atoms with Crippen molar-refractivity contribution in [3.63, 3.8) is 0 Å². The van der Waals surface area contributed by atoms with E-state index in [9.17, 15) is 4.79 Å². The Kier molecular flexibility index (Phi) is 4.98. The Labute approximate surface area is 126 Å². The summed E-state index contributed by atoms with van der Waals surface area (Å²) in [6, 6.07) is 0. The van der Waals surface area contributed by atoms with Gasteiger partial charge >= 0.3 is 0 Å². The molecule has 1 aliphatic rings. The summed E-state index contributed by atoms with van der Waals surface area (Å²) in [5, 5.41) is 3.12.